The minimum Gasteiger partial charge on any atom is -0.496 e. The molecule has 9 heteroatoms. The molecule has 29 heavy (non-hydrogen) atoms. The predicted octanol–water partition coefficient (Wildman–Crippen LogP) is 4.21. The number of benzene rings is 2. The third kappa shape index (κ3) is 6.30. The Morgan fingerprint density at radius 3 is 2.28 bits per heavy atom. The first-order valence-corrected chi connectivity index (χ1v) is 9.03. The molecule has 7 nitrogen and oxygen atoms in total. The predicted molar refractivity (Wildman–Crippen MR) is 111 cm³/mol. The maximum Gasteiger partial charge on any atom is 0.331 e. The number of carbonyl (C=O) groups excluding carboxylic acids is 2. The van der Waals surface area contributed by atoms with Crippen molar-refractivity contribution in [2.24, 2.45) is 0 Å². The van der Waals surface area contributed by atoms with E-state index in [4.69, 9.17) is 42.1 Å². The minimum atomic E-state index is -0.714. The van der Waals surface area contributed by atoms with E-state index in [1.54, 1.807) is 24.3 Å². The van der Waals surface area contributed by atoms with E-state index < -0.39 is 18.5 Å². The molecule has 154 valence electrons. The fourth-order valence-corrected chi connectivity index (χ4v) is 2.64. The van der Waals surface area contributed by atoms with Gasteiger partial charge in [-0.2, -0.15) is 0 Å². The van der Waals surface area contributed by atoms with Crippen LogP contribution >= 0.6 is 23.2 Å². The van der Waals surface area contributed by atoms with Gasteiger partial charge in [0, 0.05) is 22.7 Å². The Hall–Kier alpha value is -2.90. The van der Waals surface area contributed by atoms with Gasteiger partial charge in [0.1, 0.15) is 5.75 Å². The number of amides is 1. The van der Waals surface area contributed by atoms with E-state index in [0.29, 0.717) is 38.5 Å². The maximum absolute atomic E-state index is 11.9. The van der Waals surface area contributed by atoms with Gasteiger partial charge in [-0.25, -0.2) is 4.79 Å². The Labute approximate surface area is 178 Å². The van der Waals surface area contributed by atoms with Crippen molar-refractivity contribution < 1.29 is 28.5 Å². The second kappa shape index (κ2) is 10.6. The molecule has 0 aliphatic rings. The summed E-state index contributed by atoms with van der Waals surface area (Å²) >= 11 is 11.8. The number of carbonyl (C=O) groups is 2. The van der Waals surface area contributed by atoms with Gasteiger partial charge in [0.15, 0.2) is 18.1 Å². The third-order valence-corrected chi connectivity index (χ3v) is 4.25. The van der Waals surface area contributed by atoms with Gasteiger partial charge in [-0.3, -0.25) is 4.79 Å². The summed E-state index contributed by atoms with van der Waals surface area (Å²) in [5, 5.41) is 3.24. The molecule has 0 spiro atoms. The number of ether oxygens (including phenoxy) is 4. The van der Waals surface area contributed by atoms with Crippen molar-refractivity contribution in [1.29, 1.82) is 0 Å². The number of hydrogen-bond donors (Lipinski definition) is 1. The van der Waals surface area contributed by atoms with Crippen molar-refractivity contribution in [3.8, 4) is 17.2 Å². The minimum absolute atomic E-state index is 0.314. The number of hydrogen-bond acceptors (Lipinski definition) is 6. The first kappa shape index (κ1) is 22.4. The normalized spacial score (nSPS) is 10.5. The quantitative estimate of drug-likeness (QED) is 0.489. The van der Waals surface area contributed by atoms with Gasteiger partial charge in [0.05, 0.1) is 32.0 Å². The monoisotopic (exact) mass is 439 g/mol. The zero-order valence-corrected chi connectivity index (χ0v) is 17.5. The van der Waals surface area contributed by atoms with Crippen molar-refractivity contribution in [3.05, 3.63) is 52.0 Å². The van der Waals surface area contributed by atoms with Gasteiger partial charge in [0.2, 0.25) is 0 Å². The topological polar surface area (TPSA) is 83.1 Å². The fourth-order valence-electron chi connectivity index (χ4n) is 2.31. The van der Waals surface area contributed by atoms with Crippen LogP contribution in [0.25, 0.3) is 6.08 Å². The van der Waals surface area contributed by atoms with Crippen LogP contribution in [0.15, 0.2) is 36.4 Å². The van der Waals surface area contributed by atoms with Gasteiger partial charge in [-0.1, -0.05) is 23.2 Å². The third-order valence-electron chi connectivity index (χ3n) is 3.68. The molecule has 0 saturated heterocycles. The van der Waals surface area contributed by atoms with E-state index in [1.807, 2.05) is 0 Å². The molecule has 0 aliphatic carbocycles. The van der Waals surface area contributed by atoms with E-state index in [9.17, 15) is 9.59 Å². The second-order valence-corrected chi connectivity index (χ2v) is 6.41. The van der Waals surface area contributed by atoms with E-state index in [1.165, 1.54) is 39.5 Å². The summed E-state index contributed by atoms with van der Waals surface area (Å²) in [6.45, 7) is -0.491. The number of halogens is 2. The van der Waals surface area contributed by atoms with Gasteiger partial charge < -0.3 is 24.3 Å². The van der Waals surface area contributed by atoms with Crippen molar-refractivity contribution in [3.63, 3.8) is 0 Å². The molecule has 0 aromatic heterocycles. The zero-order valence-electron chi connectivity index (χ0n) is 16.0. The molecule has 0 atom stereocenters. The van der Waals surface area contributed by atoms with Gasteiger partial charge >= 0.3 is 5.97 Å². The number of nitrogens with one attached hydrogen (secondary N) is 1. The lowest BCUT2D eigenvalue weighted by Gasteiger charge is -2.12. The van der Waals surface area contributed by atoms with Crippen molar-refractivity contribution in [1.82, 2.24) is 0 Å². The summed E-state index contributed by atoms with van der Waals surface area (Å²) in [6, 6.07) is 7.91. The summed E-state index contributed by atoms with van der Waals surface area (Å²) in [6.07, 6.45) is 2.65. The standard InChI is InChI=1S/C20H19Cl2NO6/c1-26-16-10-18(28-3)17(27-2)8-12(16)4-7-20(25)29-11-19(24)23-15-9-13(21)5-6-14(15)22/h4-10H,11H2,1-3H3,(H,23,24)/b7-4+. The van der Waals surface area contributed by atoms with Crippen LogP contribution in [0.2, 0.25) is 10.0 Å². The molecule has 0 saturated carbocycles. The second-order valence-electron chi connectivity index (χ2n) is 5.56. The lowest BCUT2D eigenvalue weighted by Crippen LogP contribution is -2.20. The molecule has 2 aromatic carbocycles. The van der Waals surface area contributed by atoms with Crippen LogP contribution in [0.4, 0.5) is 5.69 Å². The molecule has 1 amide bonds. The lowest BCUT2D eigenvalue weighted by molar-refractivity contribution is -0.142. The van der Waals surface area contributed by atoms with Crippen LogP contribution in [0.5, 0.6) is 17.2 Å². The summed E-state index contributed by atoms with van der Waals surface area (Å²) in [4.78, 5) is 23.9. The molecule has 2 rings (SSSR count). The molecule has 0 unspecified atom stereocenters. The Morgan fingerprint density at radius 2 is 1.62 bits per heavy atom. The number of rotatable bonds is 8. The maximum atomic E-state index is 11.9. The smallest absolute Gasteiger partial charge is 0.331 e. The molecular formula is C20H19Cl2NO6. The highest BCUT2D eigenvalue weighted by Crippen LogP contribution is 2.35. The number of esters is 1. The van der Waals surface area contributed by atoms with E-state index in [0.717, 1.165) is 0 Å². The average molecular weight is 440 g/mol. The average Bonchev–Trinajstić information content (AvgIpc) is 2.72. The van der Waals surface area contributed by atoms with Crippen LogP contribution in [-0.2, 0) is 14.3 Å². The summed E-state index contributed by atoms with van der Waals surface area (Å²) in [5.41, 5.74) is 0.892. The van der Waals surface area contributed by atoms with Crippen LogP contribution in [0, 0.1) is 0 Å². The SMILES string of the molecule is COc1cc(OC)c(OC)cc1/C=C/C(=O)OCC(=O)Nc1cc(Cl)ccc1Cl. The van der Waals surface area contributed by atoms with Gasteiger partial charge in [-0.15, -0.1) is 0 Å². The van der Waals surface area contributed by atoms with Crippen molar-refractivity contribution >= 4 is 46.8 Å². The van der Waals surface area contributed by atoms with E-state index in [-0.39, 0.29) is 0 Å². The van der Waals surface area contributed by atoms with Crippen LogP contribution in [-0.4, -0.2) is 39.8 Å². The number of methoxy groups -OCH3 is 3. The first-order chi connectivity index (χ1) is 13.9. The summed E-state index contributed by atoms with van der Waals surface area (Å²) < 4.78 is 20.6. The zero-order chi connectivity index (χ0) is 21.4. The molecular weight excluding hydrogens is 421 g/mol. The summed E-state index contributed by atoms with van der Waals surface area (Å²) in [5.74, 6) is 0.161. The molecule has 0 bridgehead atoms. The summed E-state index contributed by atoms with van der Waals surface area (Å²) in [7, 11) is 4.49. The fraction of sp³-hybridized carbons (Fsp3) is 0.200. The Kier molecular flexibility index (Phi) is 8.18. The largest absolute Gasteiger partial charge is 0.496 e. The van der Waals surface area contributed by atoms with Crippen molar-refractivity contribution in [2.75, 3.05) is 33.3 Å². The highest BCUT2D eigenvalue weighted by molar-refractivity contribution is 6.35. The lowest BCUT2D eigenvalue weighted by atomic mass is 10.1. The Bertz CT molecular complexity index is 929. The molecule has 1 N–H and O–H groups in total. The molecule has 0 aliphatic heterocycles. The Morgan fingerprint density at radius 1 is 0.966 bits per heavy atom. The van der Waals surface area contributed by atoms with Crippen LogP contribution in [0.3, 0.4) is 0 Å². The highest BCUT2D eigenvalue weighted by Gasteiger charge is 2.12. The first-order valence-electron chi connectivity index (χ1n) is 8.27. The van der Waals surface area contributed by atoms with E-state index in [2.05, 4.69) is 5.32 Å². The van der Waals surface area contributed by atoms with Crippen LogP contribution < -0.4 is 19.5 Å². The van der Waals surface area contributed by atoms with Crippen LogP contribution in [0.1, 0.15) is 5.56 Å². The van der Waals surface area contributed by atoms with Gasteiger partial charge in [-0.05, 0) is 30.3 Å². The Balaban J connectivity index is 1.99. The van der Waals surface area contributed by atoms with Crippen molar-refractivity contribution in [2.45, 2.75) is 0 Å². The van der Waals surface area contributed by atoms with Gasteiger partial charge in [0.25, 0.3) is 5.91 Å². The highest BCUT2D eigenvalue weighted by atomic mass is 35.5. The molecule has 2 aromatic rings. The number of anilines is 1. The molecule has 0 fully saturated rings. The molecule has 0 radical (unpaired) electrons. The van der Waals surface area contributed by atoms with E-state index >= 15 is 0 Å². The molecule has 0 heterocycles.